The Morgan fingerprint density at radius 2 is 1.93 bits per heavy atom. The second-order valence-electron chi connectivity index (χ2n) is 1.80. The van der Waals surface area contributed by atoms with Crippen LogP contribution in [0.2, 0.25) is 0 Å². The minimum Gasteiger partial charge on any atom is -0.389 e. The van der Waals surface area contributed by atoms with E-state index in [2.05, 4.69) is 16.0 Å². The first-order valence-corrected chi connectivity index (χ1v) is 3.04. The highest BCUT2D eigenvalue weighted by molar-refractivity contribution is 5.20. The van der Waals surface area contributed by atoms with Gasteiger partial charge in [0.15, 0.2) is 0 Å². The second-order valence-corrected chi connectivity index (χ2v) is 1.80. The van der Waals surface area contributed by atoms with Crippen molar-refractivity contribution in [2.75, 3.05) is 11.3 Å². The Kier molecular flexibility index (Phi) is 4.36. The number of nitrogens with one attached hydrogen (secondary N) is 1. The van der Waals surface area contributed by atoms with Gasteiger partial charge in [0.2, 0.25) is 0 Å². The molecule has 0 amide bonds. The third-order valence-electron chi connectivity index (χ3n) is 0.946. The maximum Gasteiger partial charge on any atom is 0.515 e. The van der Waals surface area contributed by atoms with Gasteiger partial charge in [-0.25, -0.2) is 5.90 Å². The van der Waals surface area contributed by atoms with Crippen molar-refractivity contribution in [3.05, 3.63) is 20.2 Å². The average molecular weight is 222 g/mol. The van der Waals surface area contributed by atoms with E-state index in [4.69, 9.17) is 10.9 Å². The normalized spacial score (nSPS) is 8.67. The van der Waals surface area contributed by atoms with E-state index in [1.807, 2.05) is 0 Å². The number of hydrogen-bond acceptors (Lipinski definition) is 9. The molecule has 0 spiro atoms. The van der Waals surface area contributed by atoms with Crippen molar-refractivity contribution in [3.63, 3.8) is 0 Å². The predicted octanol–water partition coefficient (Wildman–Crippen LogP) is -2.16. The first kappa shape index (κ1) is 12.5. The summed E-state index contributed by atoms with van der Waals surface area (Å²) in [4.78, 5) is 22.5. The summed E-state index contributed by atoms with van der Waals surface area (Å²) >= 11 is 0. The fraction of sp³-hybridized carbons (Fsp3) is 0. The van der Waals surface area contributed by atoms with Crippen molar-refractivity contribution in [3.8, 4) is 0 Å². The number of nitrogens with zero attached hydrogens (tertiary/aromatic N) is 5. The van der Waals surface area contributed by atoms with Gasteiger partial charge in [-0.2, -0.15) is 0 Å². The van der Waals surface area contributed by atoms with Crippen molar-refractivity contribution in [2.45, 2.75) is 0 Å². The van der Waals surface area contributed by atoms with Crippen LogP contribution < -0.4 is 17.2 Å². The molecule has 0 atom stereocenters. The van der Waals surface area contributed by atoms with Gasteiger partial charge in [-0.1, -0.05) is 0 Å². The zero-order valence-electron chi connectivity index (χ0n) is 6.97. The largest absolute Gasteiger partial charge is 0.515 e. The van der Waals surface area contributed by atoms with Crippen LogP contribution >= 0.6 is 0 Å². The van der Waals surface area contributed by atoms with Crippen LogP contribution in [0.5, 0.6) is 0 Å². The minimum atomic E-state index is -1.03. The van der Waals surface area contributed by atoms with Crippen molar-refractivity contribution in [2.24, 2.45) is 5.90 Å². The van der Waals surface area contributed by atoms with Gasteiger partial charge >= 0.3 is 11.9 Å². The third-order valence-corrected chi connectivity index (χ3v) is 0.946. The lowest BCUT2D eigenvalue weighted by Gasteiger charge is -1.95. The average Bonchev–Trinajstić information content (AvgIpc) is 2.49. The third kappa shape index (κ3) is 3.36. The summed E-state index contributed by atoms with van der Waals surface area (Å²) in [5.41, 5.74) is 6.40. The molecule has 0 unspecified atom stereocenters. The van der Waals surface area contributed by atoms with E-state index < -0.39 is 21.9 Å². The number of nitro groups is 2. The lowest BCUT2D eigenvalue weighted by Crippen LogP contribution is -2.23. The van der Waals surface area contributed by atoms with Crippen LogP contribution in [-0.4, -0.2) is 30.0 Å². The van der Waals surface area contributed by atoms with Crippen LogP contribution in [-0.2, 0) is 0 Å². The summed E-state index contributed by atoms with van der Waals surface area (Å²) in [5.74, 6) is 2.22. The van der Waals surface area contributed by atoms with Crippen molar-refractivity contribution in [1.29, 1.82) is 0 Å². The molecular weight excluding hydrogens is 216 g/mol. The second kappa shape index (κ2) is 5.25. The lowest BCUT2D eigenvalue weighted by atomic mass is 11.0. The summed E-state index contributed by atoms with van der Waals surface area (Å²) in [5, 5.41) is 28.7. The Balaban J connectivity index is 0.000000921. The molecule has 1 rings (SSSR count). The standard InChI is InChI=1S/C2H3N7O4.H3NO/c3-1-4-2(8(10)11)7(5-1)6-9(12)13;1-2/h6H,(H2,3,5);2H,1H2. The van der Waals surface area contributed by atoms with E-state index in [9.17, 15) is 20.2 Å². The molecule has 0 saturated heterocycles. The number of nitrogen functional groups attached to an aromatic ring is 1. The van der Waals surface area contributed by atoms with E-state index in [0.29, 0.717) is 0 Å². The van der Waals surface area contributed by atoms with Gasteiger partial charge in [0.05, 0.1) is 5.03 Å². The Morgan fingerprint density at radius 1 is 1.40 bits per heavy atom. The van der Waals surface area contributed by atoms with Gasteiger partial charge in [-0.15, -0.1) is 0 Å². The van der Waals surface area contributed by atoms with Crippen molar-refractivity contribution >= 4 is 11.9 Å². The maximum absolute atomic E-state index is 10.2. The smallest absolute Gasteiger partial charge is 0.389 e. The summed E-state index contributed by atoms with van der Waals surface area (Å²) in [6, 6.07) is 0. The van der Waals surface area contributed by atoms with E-state index in [1.54, 1.807) is 0 Å². The number of anilines is 1. The quantitative estimate of drug-likeness (QED) is 0.322. The monoisotopic (exact) mass is 222 g/mol. The molecule has 0 aliphatic rings. The molecule has 13 heteroatoms. The Labute approximate surface area is 80.5 Å². The fourth-order valence-corrected chi connectivity index (χ4v) is 0.582. The van der Waals surface area contributed by atoms with Crippen LogP contribution in [0.15, 0.2) is 0 Å². The molecule has 84 valence electrons. The summed E-state index contributed by atoms with van der Waals surface area (Å²) < 4.78 is 0. The highest BCUT2D eigenvalue weighted by atomic mass is 16.7. The van der Waals surface area contributed by atoms with E-state index in [-0.39, 0.29) is 4.79 Å². The van der Waals surface area contributed by atoms with Crippen molar-refractivity contribution < 1.29 is 15.2 Å². The van der Waals surface area contributed by atoms with Crippen LogP contribution in [0.3, 0.4) is 0 Å². The number of nitrogens with two attached hydrogens (primary N) is 2. The van der Waals surface area contributed by atoms with Crippen LogP contribution in [0.1, 0.15) is 0 Å². The molecule has 0 saturated carbocycles. The Bertz CT molecular complexity index is 358. The molecule has 1 aromatic heterocycles. The molecule has 0 aromatic carbocycles. The van der Waals surface area contributed by atoms with Gasteiger partial charge in [0.25, 0.3) is 0 Å². The van der Waals surface area contributed by atoms with Gasteiger partial charge in [-0.05, 0) is 15.4 Å². The van der Waals surface area contributed by atoms with Gasteiger partial charge < -0.3 is 31.2 Å². The number of rotatable bonds is 3. The molecule has 15 heavy (non-hydrogen) atoms. The zero-order valence-corrected chi connectivity index (χ0v) is 6.97. The highest BCUT2D eigenvalue weighted by Gasteiger charge is 2.23. The molecule has 6 N–H and O–H groups in total. The van der Waals surface area contributed by atoms with Crippen LogP contribution in [0.4, 0.5) is 11.9 Å². The first-order valence-electron chi connectivity index (χ1n) is 3.04. The van der Waals surface area contributed by atoms with Gasteiger partial charge in [0.1, 0.15) is 0 Å². The van der Waals surface area contributed by atoms with Gasteiger partial charge in [0, 0.05) is 9.89 Å². The van der Waals surface area contributed by atoms with E-state index >= 15 is 0 Å². The molecule has 0 fully saturated rings. The Hall–Kier alpha value is -2.54. The summed E-state index contributed by atoms with van der Waals surface area (Å²) in [6.07, 6.45) is 0. The molecule has 13 nitrogen and oxygen atoms in total. The summed E-state index contributed by atoms with van der Waals surface area (Å²) in [7, 11) is 0. The minimum absolute atomic E-state index is 0.259. The SMILES string of the molecule is NO.Nc1nc([N+](=O)[O-])n(N[N+](=O)[O-])n1. The van der Waals surface area contributed by atoms with Crippen LogP contribution in [0.25, 0.3) is 0 Å². The molecule has 0 aliphatic carbocycles. The topological polar surface area (TPSA) is 201 Å². The molecule has 0 radical (unpaired) electrons. The fourth-order valence-electron chi connectivity index (χ4n) is 0.582. The number of hydrogen-bond donors (Lipinski definition) is 4. The Morgan fingerprint density at radius 3 is 2.33 bits per heavy atom. The molecule has 1 aromatic rings. The molecule has 0 aliphatic heterocycles. The summed E-state index contributed by atoms with van der Waals surface area (Å²) in [6.45, 7) is 0. The maximum atomic E-state index is 10.2. The first-order chi connectivity index (χ1) is 7.00. The molecule has 0 bridgehead atoms. The van der Waals surface area contributed by atoms with E-state index in [0.717, 1.165) is 0 Å². The predicted molar refractivity (Wildman–Crippen MR) is 43.4 cm³/mol. The zero-order chi connectivity index (χ0) is 12.0. The molecular formula is C2H6N8O5. The number of aromatic nitrogens is 3. The van der Waals surface area contributed by atoms with E-state index in [1.165, 1.54) is 5.53 Å². The highest BCUT2D eigenvalue weighted by Crippen LogP contribution is 2.06. The number of hydrazine groups is 1. The van der Waals surface area contributed by atoms with Crippen LogP contribution in [0, 0.1) is 20.2 Å². The lowest BCUT2D eigenvalue weighted by molar-refractivity contribution is -0.469. The van der Waals surface area contributed by atoms with Gasteiger partial charge in [-0.3, -0.25) is 0 Å². The van der Waals surface area contributed by atoms with Crippen molar-refractivity contribution in [1.82, 2.24) is 14.9 Å². The molecule has 1 heterocycles.